The van der Waals surface area contributed by atoms with Crippen molar-refractivity contribution in [3.63, 3.8) is 0 Å². The molecule has 0 spiro atoms. The predicted molar refractivity (Wildman–Crippen MR) is 102 cm³/mol. The van der Waals surface area contributed by atoms with Crippen LogP contribution in [0.25, 0.3) is 21.0 Å². The maximum atomic E-state index is 12.0. The molecule has 0 radical (unpaired) electrons. The van der Waals surface area contributed by atoms with Crippen LogP contribution in [0.5, 0.6) is 0 Å². The standard InChI is InChI=1S/C18H19N3O2S.ClH/c22-17(10-12-4-3-9-19-12)20-11-13-7-8-15(23-13)18-21-14-5-1-2-6-16(14)24-18;/h1-2,5-8,12,19H,3-4,9-11H2,(H,20,22);1H. The molecule has 25 heavy (non-hydrogen) atoms. The minimum Gasteiger partial charge on any atom is -0.457 e. The summed E-state index contributed by atoms with van der Waals surface area (Å²) in [4.78, 5) is 16.6. The number of carbonyl (C=O) groups is 1. The number of amides is 1. The second-order valence-electron chi connectivity index (χ2n) is 6.03. The summed E-state index contributed by atoms with van der Waals surface area (Å²) in [5.41, 5.74) is 0.979. The van der Waals surface area contributed by atoms with Gasteiger partial charge in [-0.15, -0.1) is 23.7 Å². The second kappa shape index (κ2) is 7.99. The molecule has 7 heteroatoms. The third-order valence-corrected chi connectivity index (χ3v) is 5.27. The number of nitrogens with zero attached hydrogens (tertiary/aromatic N) is 1. The highest BCUT2D eigenvalue weighted by atomic mass is 35.5. The molecule has 1 aliphatic heterocycles. The third-order valence-electron chi connectivity index (χ3n) is 4.22. The van der Waals surface area contributed by atoms with E-state index in [1.54, 1.807) is 11.3 Å². The van der Waals surface area contributed by atoms with Crippen molar-refractivity contribution in [2.45, 2.75) is 31.8 Å². The van der Waals surface area contributed by atoms with E-state index in [0.29, 0.717) is 19.0 Å². The normalized spacial score (nSPS) is 16.7. The highest BCUT2D eigenvalue weighted by molar-refractivity contribution is 7.21. The minimum atomic E-state index is 0. The van der Waals surface area contributed by atoms with E-state index in [2.05, 4.69) is 21.7 Å². The second-order valence-corrected chi connectivity index (χ2v) is 7.06. The SMILES string of the molecule is Cl.O=C(CC1CCCN1)NCc1ccc(-c2nc3ccccc3s2)o1. The topological polar surface area (TPSA) is 67.2 Å². The number of para-hydroxylation sites is 1. The van der Waals surface area contributed by atoms with Gasteiger partial charge < -0.3 is 15.1 Å². The molecule has 1 aromatic carbocycles. The van der Waals surface area contributed by atoms with Crippen molar-refractivity contribution in [3.8, 4) is 10.8 Å². The first-order valence-electron chi connectivity index (χ1n) is 8.23. The summed E-state index contributed by atoms with van der Waals surface area (Å²) in [5.74, 6) is 1.56. The van der Waals surface area contributed by atoms with Gasteiger partial charge >= 0.3 is 0 Å². The Kier molecular flexibility index (Phi) is 5.73. The Morgan fingerprint density at radius 1 is 1.32 bits per heavy atom. The zero-order valence-corrected chi connectivity index (χ0v) is 15.3. The summed E-state index contributed by atoms with van der Waals surface area (Å²) in [6.07, 6.45) is 2.77. The van der Waals surface area contributed by atoms with Crippen molar-refractivity contribution < 1.29 is 9.21 Å². The Labute approximate surface area is 156 Å². The molecular formula is C18H20ClN3O2S. The minimum absolute atomic E-state index is 0. The maximum Gasteiger partial charge on any atom is 0.221 e. The van der Waals surface area contributed by atoms with E-state index in [1.165, 1.54) is 0 Å². The molecular weight excluding hydrogens is 358 g/mol. The largest absolute Gasteiger partial charge is 0.457 e. The van der Waals surface area contributed by atoms with Gasteiger partial charge in [-0.05, 0) is 43.7 Å². The average molecular weight is 378 g/mol. The van der Waals surface area contributed by atoms with Crippen molar-refractivity contribution in [2.75, 3.05) is 6.54 Å². The van der Waals surface area contributed by atoms with Gasteiger partial charge in [0.15, 0.2) is 10.8 Å². The van der Waals surface area contributed by atoms with Gasteiger partial charge in [0.2, 0.25) is 5.91 Å². The Balaban J connectivity index is 0.00000182. The number of aromatic nitrogens is 1. The summed E-state index contributed by atoms with van der Waals surface area (Å²) < 4.78 is 6.98. The average Bonchev–Trinajstić information content (AvgIpc) is 3.32. The van der Waals surface area contributed by atoms with Crippen molar-refractivity contribution in [2.24, 2.45) is 0 Å². The number of fused-ring (bicyclic) bond motifs is 1. The number of thiazole rings is 1. The Hall–Kier alpha value is -1.89. The van der Waals surface area contributed by atoms with Gasteiger partial charge in [0, 0.05) is 12.5 Å². The lowest BCUT2D eigenvalue weighted by Gasteiger charge is -2.09. The number of hydrogen-bond donors (Lipinski definition) is 2. The first-order chi connectivity index (χ1) is 11.8. The lowest BCUT2D eigenvalue weighted by molar-refractivity contribution is -0.121. The zero-order chi connectivity index (χ0) is 16.4. The molecule has 1 fully saturated rings. The molecule has 2 aromatic heterocycles. The number of nitrogens with one attached hydrogen (secondary N) is 2. The van der Waals surface area contributed by atoms with E-state index in [9.17, 15) is 4.79 Å². The zero-order valence-electron chi connectivity index (χ0n) is 13.7. The van der Waals surface area contributed by atoms with Gasteiger partial charge in [0.05, 0.1) is 16.8 Å². The first kappa shape index (κ1) is 17.9. The molecule has 4 rings (SSSR count). The molecule has 5 nitrogen and oxygen atoms in total. The lowest BCUT2D eigenvalue weighted by atomic mass is 10.1. The fraction of sp³-hybridized carbons (Fsp3) is 0.333. The molecule has 0 saturated carbocycles. The molecule has 1 amide bonds. The first-order valence-corrected chi connectivity index (χ1v) is 9.04. The van der Waals surface area contributed by atoms with Crippen LogP contribution in [0.15, 0.2) is 40.8 Å². The monoisotopic (exact) mass is 377 g/mol. The summed E-state index contributed by atoms with van der Waals surface area (Å²) >= 11 is 1.61. The van der Waals surface area contributed by atoms with E-state index >= 15 is 0 Å². The van der Waals surface area contributed by atoms with E-state index in [4.69, 9.17) is 4.42 Å². The summed E-state index contributed by atoms with van der Waals surface area (Å²) in [6.45, 7) is 1.43. The number of carbonyl (C=O) groups excluding carboxylic acids is 1. The van der Waals surface area contributed by atoms with E-state index in [0.717, 1.165) is 46.1 Å². The van der Waals surface area contributed by atoms with E-state index in [1.807, 2.05) is 30.3 Å². The van der Waals surface area contributed by atoms with Crippen LogP contribution in [0.2, 0.25) is 0 Å². The Morgan fingerprint density at radius 2 is 2.20 bits per heavy atom. The predicted octanol–water partition coefficient (Wildman–Crippen LogP) is 3.74. The molecule has 1 aliphatic rings. The summed E-state index contributed by atoms with van der Waals surface area (Å²) in [7, 11) is 0. The lowest BCUT2D eigenvalue weighted by Crippen LogP contribution is -2.31. The number of hydrogen-bond acceptors (Lipinski definition) is 5. The smallest absolute Gasteiger partial charge is 0.221 e. The van der Waals surface area contributed by atoms with Gasteiger partial charge in [0.1, 0.15) is 5.76 Å². The molecule has 3 aromatic rings. The van der Waals surface area contributed by atoms with Gasteiger partial charge in [-0.25, -0.2) is 4.98 Å². The van der Waals surface area contributed by atoms with Gasteiger partial charge in [-0.2, -0.15) is 0 Å². The molecule has 1 unspecified atom stereocenters. The van der Waals surface area contributed by atoms with Crippen LogP contribution in [0, 0.1) is 0 Å². The Morgan fingerprint density at radius 3 is 3.00 bits per heavy atom. The van der Waals surface area contributed by atoms with Gasteiger partial charge in [-0.1, -0.05) is 12.1 Å². The number of furan rings is 1. The Bertz CT molecular complexity index is 822. The molecule has 1 atom stereocenters. The van der Waals surface area contributed by atoms with E-state index in [-0.39, 0.29) is 18.3 Å². The van der Waals surface area contributed by atoms with Crippen molar-refractivity contribution in [1.29, 1.82) is 0 Å². The van der Waals surface area contributed by atoms with Crippen LogP contribution in [-0.4, -0.2) is 23.5 Å². The van der Waals surface area contributed by atoms with Crippen molar-refractivity contribution in [3.05, 3.63) is 42.2 Å². The molecule has 2 N–H and O–H groups in total. The fourth-order valence-corrected chi connectivity index (χ4v) is 3.91. The van der Waals surface area contributed by atoms with Crippen molar-refractivity contribution >= 4 is 39.9 Å². The highest BCUT2D eigenvalue weighted by Gasteiger charge is 2.17. The summed E-state index contributed by atoms with van der Waals surface area (Å²) in [5, 5.41) is 7.13. The van der Waals surface area contributed by atoms with Crippen LogP contribution < -0.4 is 10.6 Å². The van der Waals surface area contributed by atoms with Crippen LogP contribution >= 0.6 is 23.7 Å². The van der Waals surface area contributed by atoms with Crippen LogP contribution in [0.1, 0.15) is 25.0 Å². The molecule has 3 heterocycles. The third kappa shape index (κ3) is 4.21. The van der Waals surface area contributed by atoms with Crippen LogP contribution in [0.3, 0.4) is 0 Å². The van der Waals surface area contributed by atoms with Crippen LogP contribution in [-0.2, 0) is 11.3 Å². The number of benzene rings is 1. The van der Waals surface area contributed by atoms with Gasteiger partial charge in [-0.3, -0.25) is 4.79 Å². The van der Waals surface area contributed by atoms with E-state index < -0.39 is 0 Å². The number of halogens is 1. The van der Waals surface area contributed by atoms with Gasteiger partial charge in [0.25, 0.3) is 0 Å². The summed E-state index contributed by atoms with van der Waals surface area (Å²) in [6, 6.07) is 12.2. The van der Waals surface area contributed by atoms with Crippen LogP contribution in [0.4, 0.5) is 0 Å². The maximum absolute atomic E-state index is 12.0. The highest BCUT2D eigenvalue weighted by Crippen LogP contribution is 2.31. The molecule has 0 bridgehead atoms. The fourth-order valence-electron chi connectivity index (χ4n) is 2.98. The van der Waals surface area contributed by atoms with Crippen molar-refractivity contribution in [1.82, 2.24) is 15.6 Å². The molecule has 1 saturated heterocycles. The number of rotatable bonds is 5. The molecule has 132 valence electrons. The quantitative estimate of drug-likeness (QED) is 0.710. The molecule has 0 aliphatic carbocycles.